The largest absolute Gasteiger partial charge is 0.490 e. The number of ether oxygens (including phenoxy) is 2. The average molecular weight is 424 g/mol. The highest BCUT2D eigenvalue weighted by Crippen LogP contribution is 2.38. The Labute approximate surface area is 183 Å². The van der Waals surface area contributed by atoms with Crippen LogP contribution in [0.15, 0.2) is 42.5 Å². The van der Waals surface area contributed by atoms with Crippen molar-refractivity contribution in [2.24, 2.45) is 5.92 Å². The molecule has 1 atom stereocenters. The number of amides is 1. The first-order chi connectivity index (χ1) is 15.1. The molecule has 164 valence electrons. The van der Waals surface area contributed by atoms with Gasteiger partial charge in [0.15, 0.2) is 0 Å². The predicted octanol–water partition coefficient (Wildman–Crippen LogP) is 5.50. The van der Waals surface area contributed by atoms with E-state index in [2.05, 4.69) is 11.4 Å². The molecule has 31 heavy (non-hydrogen) atoms. The van der Waals surface area contributed by atoms with E-state index in [9.17, 15) is 9.18 Å². The normalized spacial score (nSPS) is 25.3. The Bertz CT molecular complexity index is 934. The van der Waals surface area contributed by atoms with Gasteiger partial charge in [-0.15, -0.1) is 0 Å². The maximum Gasteiger partial charge on any atom is 0.220 e. The van der Waals surface area contributed by atoms with E-state index in [0.717, 1.165) is 55.6 Å². The molecule has 5 rings (SSSR count). The Hall–Kier alpha value is -2.56. The van der Waals surface area contributed by atoms with Crippen LogP contribution in [0, 0.1) is 11.7 Å². The van der Waals surface area contributed by atoms with Gasteiger partial charge in [0.05, 0.1) is 6.10 Å². The van der Waals surface area contributed by atoms with Crippen molar-refractivity contribution in [1.82, 2.24) is 5.32 Å². The molecule has 0 aromatic heterocycles. The molecular weight excluding hydrogens is 393 g/mol. The number of hydrogen-bond donors (Lipinski definition) is 1. The first kappa shape index (κ1) is 20.3. The molecule has 2 fully saturated rings. The maximum absolute atomic E-state index is 14.1. The Morgan fingerprint density at radius 1 is 1.03 bits per heavy atom. The lowest BCUT2D eigenvalue weighted by atomic mass is 9.92. The summed E-state index contributed by atoms with van der Waals surface area (Å²) in [7, 11) is 0. The fourth-order valence-electron chi connectivity index (χ4n) is 4.78. The molecule has 1 unspecified atom stereocenters. The molecule has 0 spiro atoms. The van der Waals surface area contributed by atoms with E-state index in [1.54, 1.807) is 12.1 Å². The molecule has 5 heteroatoms. The minimum Gasteiger partial charge on any atom is -0.490 e. The standard InChI is InChI=1S/C26H30FNO3/c27-23-4-2-1-3-22(23)25-13-7-18-16-21(12-14-24(18)31-25)30-20-10-8-19(9-11-20)28-26(29)15-17-5-6-17/h1-4,12,14,16-17,19-20,25H,5-11,13,15H2,(H,28,29)/t19-,20-,25?. The minimum absolute atomic E-state index is 0.185. The maximum atomic E-state index is 14.1. The molecule has 1 amide bonds. The van der Waals surface area contributed by atoms with Gasteiger partial charge in [-0.2, -0.15) is 0 Å². The zero-order valence-corrected chi connectivity index (χ0v) is 17.8. The second kappa shape index (κ2) is 8.89. The van der Waals surface area contributed by atoms with E-state index in [1.165, 1.54) is 18.9 Å². The zero-order valence-electron chi connectivity index (χ0n) is 17.8. The van der Waals surface area contributed by atoms with E-state index < -0.39 is 0 Å². The van der Waals surface area contributed by atoms with Crippen LogP contribution in [0.1, 0.15) is 68.6 Å². The lowest BCUT2D eigenvalue weighted by Crippen LogP contribution is -2.39. The first-order valence-corrected chi connectivity index (χ1v) is 11.6. The number of carbonyl (C=O) groups is 1. The second-order valence-corrected chi connectivity index (χ2v) is 9.24. The molecule has 1 heterocycles. The van der Waals surface area contributed by atoms with Crippen molar-refractivity contribution in [2.45, 2.75) is 76.0 Å². The molecule has 1 N–H and O–H groups in total. The molecule has 2 aromatic carbocycles. The van der Waals surface area contributed by atoms with E-state index in [1.807, 2.05) is 18.2 Å². The summed E-state index contributed by atoms with van der Waals surface area (Å²) in [5.41, 5.74) is 1.74. The zero-order chi connectivity index (χ0) is 21.2. The van der Waals surface area contributed by atoms with Gasteiger partial charge >= 0.3 is 0 Å². The summed E-state index contributed by atoms with van der Waals surface area (Å²) in [5, 5.41) is 3.20. The quantitative estimate of drug-likeness (QED) is 0.668. The van der Waals surface area contributed by atoms with Crippen molar-refractivity contribution in [2.75, 3.05) is 0 Å². The third-order valence-electron chi connectivity index (χ3n) is 6.74. The fourth-order valence-corrected chi connectivity index (χ4v) is 4.78. The summed E-state index contributed by atoms with van der Waals surface area (Å²) in [6, 6.07) is 13.1. The van der Waals surface area contributed by atoms with Gasteiger partial charge in [0.25, 0.3) is 0 Å². The number of fused-ring (bicyclic) bond motifs is 1. The van der Waals surface area contributed by atoms with Crippen LogP contribution in [0.4, 0.5) is 4.39 Å². The number of carbonyl (C=O) groups excluding carboxylic acids is 1. The molecular formula is C26H30FNO3. The number of rotatable bonds is 6. The van der Waals surface area contributed by atoms with Gasteiger partial charge in [0, 0.05) is 18.0 Å². The Morgan fingerprint density at radius 2 is 1.84 bits per heavy atom. The van der Waals surface area contributed by atoms with Crippen molar-refractivity contribution in [1.29, 1.82) is 0 Å². The summed E-state index contributed by atoms with van der Waals surface area (Å²) in [4.78, 5) is 12.0. The van der Waals surface area contributed by atoms with Crippen LogP contribution in [0.3, 0.4) is 0 Å². The molecule has 0 saturated heterocycles. The van der Waals surface area contributed by atoms with E-state index in [0.29, 0.717) is 23.9 Å². The van der Waals surface area contributed by atoms with Gasteiger partial charge in [-0.25, -0.2) is 4.39 Å². The van der Waals surface area contributed by atoms with Crippen molar-refractivity contribution >= 4 is 5.91 Å². The molecule has 0 bridgehead atoms. The van der Waals surface area contributed by atoms with Gasteiger partial charge < -0.3 is 14.8 Å². The SMILES string of the molecule is O=C(CC1CC1)N[C@H]1CC[C@H](Oc2ccc3c(c2)CCC(c2ccccc2F)O3)CC1. The van der Waals surface area contributed by atoms with Crippen molar-refractivity contribution < 1.29 is 18.7 Å². The van der Waals surface area contributed by atoms with Crippen LogP contribution in [-0.2, 0) is 11.2 Å². The number of aryl methyl sites for hydroxylation is 1. The molecule has 0 radical (unpaired) electrons. The molecule has 4 nitrogen and oxygen atoms in total. The molecule has 2 aromatic rings. The van der Waals surface area contributed by atoms with Crippen LogP contribution in [-0.4, -0.2) is 18.1 Å². The first-order valence-electron chi connectivity index (χ1n) is 11.6. The van der Waals surface area contributed by atoms with E-state index in [4.69, 9.17) is 9.47 Å². The highest BCUT2D eigenvalue weighted by Gasteiger charge is 2.28. The van der Waals surface area contributed by atoms with Crippen LogP contribution in [0.25, 0.3) is 0 Å². The second-order valence-electron chi connectivity index (χ2n) is 9.24. The van der Waals surface area contributed by atoms with Crippen LogP contribution >= 0.6 is 0 Å². The highest BCUT2D eigenvalue weighted by atomic mass is 19.1. The highest BCUT2D eigenvalue weighted by molar-refractivity contribution is 5.76. The van der Waals surface area contributed by atoms with Crippen molar-refractivity contribution in [3.63, 3.8) is 0 Å². The summed E-state index contributed by atoms with van der Waals surface area (Å²) in [6.07, 6.45) is 8.51. The molecule has 2 saturated carbocycles. The lowest BCUT2D eigenvalue weighted by Gasteiger charge is -2.30. The van der Waals surface area contributed by atoms with Crippen LogP contribution in [0.5, 0.6) is 11.5 Å². The van der Waals surface area contributed by atoms with Gasteiger partial charge in [0.2, 0.25) is 5.91 Å². The molecule has 1 aliphatic heterocycles. The van der Waals surface area contributed by atoms with Gasteiger partial charge in [0.1, 0.15) is 23.4 Å². The third-order valence-corrected chi connectivity index (χ3v) is 6.74. The summed E-state index contributed by atoms with van der Waals surface area (Å²) in [5.74, 6) is 2.32. The van der Waals surface area contributed by atoms with E-state index in [-0.39, 0.29) is 23.9 Å². The lowest BCUT2D eigenvalue weighted by molar-refractivity contribution is -0.122. The monoisotopic (exact) mass is 423 g/mol. The number of hydrogen-bond acceptors (Lipinski definition) is 3. The Kier molecular flexibility index (Phi) is 5.84. The Balaban J connectivity index is 1.13. The van der Waals surface area contributed by atoms with Gasteiger partial charge in [-0.1, -0.05) is 18.2 Å². The average Bonchev–Trinajstić information content (AvgIpc) is 3.59. The molecule has 2 aliphatic carbocycles. The number of halogens is 1. The fraction of sp³-hybridized carbons (Fsp3) is 0.500. The topological polar surface area (TPSA) is 47.6 Å². The number of benzene rings is 2. The predicted molar refractivity (Wildman–Crippen MR) is 117 cm³/mol. The van der Waals surface area contributed by atoms with Gasteiger partial charge in [-0.05, 0) is 87.1 Å². The smallest absolute Gasteiger partial charge is 0.220 e. The summed E-state index contributed by atoms with van der Waals surface area (Å²) in [6.45, 7) is 0. The van der Waals surface area contributed by atoms with Crippen LogP contribution < -0.4 is 14.8 Å². The third kappa shape index (κ3) is 5.03. The van der Waals surface area contributed by atoms with E-state index >= 15 is 0 Å². The summed E-state index contributed by atoms with van der Waals surface area (Å²) < 4.78 is 26.4. The minimum atomic E-state index is -0.245. The van der Waals surface area contributed by atoms with Gasteiger partial charge in [-0.3, -0.25) is 4.79 Å². The Morgan fingerprint density at radius 3 is 2.61 bits per heavy atom. The number of nitrogens with one attached hydrogen (secondary N) is 1. The molecule has 3 aliphatic rings. The van der Waals surface area contributed by atoms with Crippen molar-refractivity contribution in [3.8, 4) is 11.5 Å². The van der Waals surface area contributed by atoms with Crippen LogP contribution in [0.2, 0.25) is 0 Å². The van der Waals surface area contributed by atoms with Crippen molar-refractivity contribution in [3.05, 3.63) is 59.4 Å². The summed E-state index contributed by atoms with van der Waals surface area (Å²) >= 11 is 0.